The third-order valence-electron chi connectivity index (χ3n) is 4.30. The highest BCUT2D eigenvalue weighted by molar-refractivity contribution is 5.94. The number of urea groups is 1. The van der Waals surface area contributed by atoms with Crippen molar-refractivity contribution in [2.75, 3.05) is 18.4 Å². The molecule has 2 N–H and O–H groups in total. The van der Waals surface area contributed by atoms with Crippen molar-refractivity contribution in [3.05, 3.63) is 41.8 Å². The molecule has 0 radical (unpaired) electrons. The first-order valence-electron chi connectivity index (χ1n) is 10.0. The highest BCUT2D eigenvalue weighted by Crippen LogP contribution is 2.26. The summed E-state index contributed by atoms with van der Waals surface area (Å²) in [7, 11) is 0. The number of benzene rings is 1. The standard InChI is InChI=1S/C22H32FN5O2/c1-8-27(20(30)25-22(5,6)7)14-19(29)24-18-13-17(21(2,3)4)26-28(18)16-11-9-15(23)10-12-16/h9-13H,8,14H2,1-7H3,(H,24,29)(H,25,30). The normalized spacial score (nSPS) is 11.9. The number of hydrogen-bond donors (Lipinski definition) is 2. The number of halogens is 1. The molecule has 30 heavy (non-hydrogen) atoms. The molecular formula is C22H32FN5O2. The number of amides is 3. The van der Waals surface area contributed by atoms with E-state index in [4.69, 9.17) is 0 Å². The molecule has 0 bridgehead atoms. The lowest BCUT2D eigenvalue weighted by atomic mass is 9.92. The summed E-state index contributed by atoms with van der Waals surface area (Å²) in [4.78, 5) is 26.6. The molecular weight excluding hydrogens is 385 g/mol. The van der Waals surface area contributed by atoms with E-state index in [-0.39, 0.29) is 29.7 Å². The van der Waals surface area contributed by atoms with Gasteiger partial charge in [-0.25, -0.2) is 13.9 Å². The second-order valence-electron chi connectivity index (χ2n) is 9.30. The van der Waals surface area contributed by atoms with Gasteiger partial charge in [0.05, 0.1) is 11.4 Å². The molecule has 3 amide bonds. The van der Waals surface area contributed by atoms with Gasteiger partial charge in [-0.1, -0.05) is 20.8 Å². The van der Waals surface area contributed by atoms with Crippen LogP contribution in [0.15, 0.2) is 30.3 Å². The summed E-state index contributed by atoms with van der Waals surface area (Å²) in [6.45, 7) is 13.8. The summed E-state index contributed by atoms with van der Waals surface area (Å²) in [5.74, 6) is -0.232. The van der Waals surface area contributed by atoms with Gasteiger partial charge < -0.3 is 15.5 Å². The Morgan fingerprint density at radius 1 is 1.10 bits per heavy atom. The van der Waals surface area contributed by atoms with Gasteiger partial charge in [0.25, 0.3) is 0 Å². The lowest BCUT2D eigenvalue weighted by Gasteiger charge is -2.27. The zero-order valence-corrected chi connectivity index (χ0v) is 18.8. The van der Waals surface area contributed by atoms with Crippen molar-refractivity contribution >= 4 is 17.8 Å². The molecule has 1 aromatic heterocycles. The highest BCUT2D eigenvalue weighted by atomic mass is 19.1. The number of likely N-dealkylation sites (N-methyl/N-ethyl adjacent to an activating group) is 1. The van der Waals surface area contributed by atoms with Crippen molar-refractivity contribution in [1.82, 2.24) is 20.0 Å². The number of nitrogens with zero attached hydrogens (tertiary/aromatic N) is 3. The van der Waals surface area contributed by atoms with Crippen molar-refractivity contribution in [2.45, 2.75) is 59.4 Å². The van der Waals surface area contributed by atoms with E-state index in [0.29, 0.717) is 18.1 Å². The van der Waals surface area contributed by atoms with E-state index in [1.54, 1.807) is 22.9 Å². The minimum atomic E-state index is -0.399. The SMILES string of the molecule is CCN(CC(=O)Nc1cc(C(C)(C)C)nn1-c1ccc(F)cc1)C(=O)NC(C)(C)C. The summed E-state index contributed by atoms with van der Waals surface area (Å²) >= 11 is 0. The van der Waals surface area contributed by atoms with Crippen LogP contribution in [0.25, 0.3) is 5.69 Å². The Morgan fingerprint density at radius 2 is 1.70 bits per heavy atom. The molecule has 1 aromatic carbocycles. The largest absolute Gasteiger partial charge is 0.333 e. The van der Waals surface area contributed by atoms with Gasteiger partial charge in [-0.05, 0) is 52.0 Å². The number of hydrogen-bond acceptors (Lipinski definition) is 3. The van der Waals surface area contributed by atoms with Crippen molar-refractivity contribution in [3.63, 3.8) is 0 Å². The molecule has 0 aliphatic carbocycles. The Hall–Kier alpha value is -2.90. The van der Waals surface area contributed by atoms with Gasteiger partial charge in [0.1, 0.15) is 18.2 Å². The maximum Gasteiger partial charge on any atom is 0.318 e. The fourth-order valence-corrected chi connectivity index (χ4v) is 2.70. The molecule has 0 saturated carbocycles. The summed E-state index contributed by atoms with van der Waals surface area (Å²) in [5.41, 5.74) is 0.760. The average molecular weight is 418 g/mol. The molecule has 2 aromatic rings. The molecule has 0 aliphatic heterocycles. The van der Waals surface area contributed by atoms with Crippen LogP contribution in [-0.2, 0) is 10.2 Å². The Bertz CT molecular complexity index is 892. The second kappa shape index (κ2) is 8.85. The van der Waals surface area contributed by atoms with Crippen molar-refractivity contribution < 1.29 is 14.0 Å². The predicted molar refractivity (Wildman–Crippen MR) is 116 cm³/mol. The van der Waals surface area contributed by atoms with Gasteiger partial charge in [-0.15, -0.1) is 0 Å². The van der Waals surface area contributed by atoms with Crippen LogP contribution in [0.4, 0.5) is 15.0 Å². The molecule has 0 saturated heterocycles. The number of nitrogens with one attached hydrogen (secondary N) is 2. The van der Waals surface area contributed by atoms with Gasteiger partial charge in [-0.3, -0.25) is 4.79 Å². The Kier molecular flexibility index (Phi) is 6.90. The first kappa shape index (κ1) is 23.4. The third-order valence-corrected chi connectivity index (χ3v) is 4.30. The van der Waals surface area contributed by atoms with Crippen LogP contribution in [-0.4, -0.2) is 45.2 Å². The molecule has 0 unspecified atom stereocenters. The maximum atomic E-state index is 13.3. The van der Waals surface area contributed by atoms with E-state index >= 15 is 0 Å². The molecule has 0 atom stereocenters. The zero-order valence-electron chi connectivity index (χ0n) is 18.8. The third kappa shape index (κ3) is 6.30. The van der Waals surface area contributed by atoms with E-state index in [2.05, 4.69) is 15.7 Å². The van der Waals surface area contributed by atoms with Crippen LogP contribution in [0.1, 0.15) is 54.2 Å². The van der Waals surface area contributed by atoms with Crippen LogP contribution in [0.3, 0.4) is 0 Å². The van der Waals surface area contributed by atoms with Crippen LogP contribution in [0, 0.1) is 5.82 Å². The lowest BCUT2D eigenvalue weighted by molar-refractivity contribution is -0.116. The molecule has 0 spiro atoms. The number of rotatable bonds is 5. The van der Waals surface area contributed by atoms with Gasteiger partial charge in [0.15, 0.2) is 0 Å². The van der Waals surface area contributed by atoms with Crippen LogP contribution >= 0.6 is 0 Å². The number of carbonyl (C=O) groups excluding carboxylic acids is 2. The molecule has 1 heterocycles. The number of carbonyl (C=O) groups is 2. The van der Waals surface area contributed by atoms with E-state index in [1.807, 2.05) is 48.5 Å². The fourth-order valence-electron chi connectivity index (χ4n) is 2.70. The lowest BCUT2D eigenvalue weighted by Crippen LogP contribution is -2.50. The number of aromatic nitrogens is 2. The van der Waals surface area contributed by atoms with E-state index in [1.165, 1.54) is 17.0 Å². The highest BCUT2D eigenvalue weighted by Gasteiger charge is 2.24. The molecule has 7 nitrogen and oxygen atoms in total. The maximum absolute atomic E-state index is 13.3. The van der Waals surface area contributed by atoms with Crippen molar-refractivity contribution in [1.29, 1.82) is 0 Å². The summed E-state index contributed by atoms with van der Waals surface area (Å²) in [6.07, 6.45) is 0. The van der Waals surface area contributed by atoms with Crippen LogP contribution < -0.4 is 10.6 Å². The Morgan fingerprint density at radius 3 is 2.20 bits per heavy atom. The summed E-state index contributed by atoms with van der Waals surface area (Å²) in [5, 5.41) is 10.3. The average Bonchev–Trinajstić information content (AvgIpc) is 3.02. The quantitative estimate of drug-likeness (QED) is 0.769. The minimum Gasteiger partial charge on any atom is -0.333 e. The first-order chi connectivity index (χ1) is 13.8. The summed E-state index contributed by atoms with van der Waals surface area (Å²) < 4.78 is 14.9. The molecule has 164 valence electrons. The minimum absolute atomic E-state index is 0.0993. The smallest absolute Gasteiger partial charge is 0.318 e. The van der Waals surface area contributed by atoms with Gasteiger partial charge in [0, 0.05) is 23.6 Å². The van der Waals surface area contributed by atoms with Gasteiger partial charge in [-0.2, -0.15) is 5.10 Å². The molecule has 8 heteroatoms. The fraction of sp³-hybridized carbons (Fsp3) is 0.500. The predicted octanol–water partition coefficient (Wildman–Crippen LogP) is 4.08. The van der Waals surface area contributed by atoms with E-state index < -0.39 is 5.54 Å². The van der Waals surface area contributed by atoms with Gasteiger partial charge in [0.2, 0.25) is 5.91 Å². The monoisotopic (exact) mass is 417 g/mol. The van der Waals surface area contributed by atoms with E-state index in [0.717, 1.165) is 5.69 Å². The van der Waals surface area contributed by atoms with Gasteiger partial charge >= 0.3 is 6.03 Å². The van der Waals surface area contributed by atoms with Crippen molar-refractivity contribution in [3.8, 4) is 5.69 Å². The zero-order chi connectivity index (χ0) is 22.7. The molecule has 0 fully saturated rings. The Balaban J connectivity index is 2.25. The molecule has 2 rings (SSSR count). The molecule has 0 aliphatic rings. The second-order valence-corrected chi connectivity index (χ2v) is 9.30. The van der Waals surface area contributed by atoms with Crippen LogP contribution in [0.5, 0.6) is 0 Å². The number of anilines is 1. The topological polar surface area (TPSA) is 79.3 Å². The van der Waals surface area contributed by atoms with E-state index in [9.17, 15) is 14.0 Å². The Labute approximate surface area is 177 Å². The van der Waals surface area contributed by atoms with Crippen LogP contribution in [0.2, 0.25) is 0 Å². The van der Waals surface area contributed by atoms with Crippen molar-refractivity contribution in [2.24, 2.45) is 0 Å². The first-order valence-corrected chi connectivity index (χ1v) is 10.0. The summed E-state index contributed by atoms with van der Waals surface area (Å²) in [6, 6.07) is 7.37.